The van der Waals surface area contributed by atoms with Crippen LogP contribution in [0, 0.1) is 5.92 Å². The topological polar surface area (TPSA) is 50.4 Å². The average molecular weight is 292 g/mol. The van der Waals surface area contributed by atoms with Crippen LogP contribution >= 0.6 is 0 Å². The third-order valence-electron chi connectivity index (χ3n) is 3.80. The Labute approximate surface area is 128 Å². The van der Waals surface area contributed by atoms with Gasteiger partial charge >= 0.3 is 0 Å². The molecule has 0 fully saturated rings. The molecule has 118 valence electrons. The van der Waals surface area contributed by atoms with E-state index in [0.717, 1.165) is 12.2 Å². The first kappa shape index (κ1) is 17.5. The van der Waals surface area contributed by atoms with Crippen LogP contribution in [-0.4, -0.2) is 25.6 Å². The van der Waals surface area contributed by atoms with Crippen molar-refractivity contribution in [3.63, 3.8) is 0 Å². The van der Waals surface area contributed by atoms with Crippen LogP contribution in [0.1, 0.15) is 45.7 Å². The molecule has 0 saturated carbocycles. The normalized spacial score (nSPS) is 13.8. The van der Waals surface area contributed by atoms with Crippen LogP contribution < -0.4 is 15.4 Å². The Balaban J connectivity index is 2.47. The molecule has 0 aliphatic carbocycles. The molecule has 2 unspecified atom stereocenters. The Morgan fingerprint density at radius 2 is 1.81 bits per heavy atom. The van der Waals surface area contributed by atoms with E-state index >= 15 is 0 Å². The molecular weight excluding hydrogens is 264 g/mol. The zero-order chi connectivity index (χ0) is 15.8. The summed E-state index contributed by atoms with van der Waals surface area (Å²) in [5, 5.41) is 6.19. The summed E-state index contributed by atoms with van der Waals surface area (Å²) in [5.41, 5.74) is 1.23. The molecule has 0 heterocycles. The highest BCUT2D eigenvalue weighted by Crippen LogP contribution is 2.19. The van der Waals surface area contributed by atoms with E-state index in [1.54, 1.807) is 0 Å². The first-order valence-electron chi connectivity index (χ1n) is 7.67. The molecular formula is C17H28N2O2. The molecule has 21 heavy (non-hydrogen) atoms. The van der Waals surface area contributed by atoms with Crippen LogP contribution in [0.15, 0.2) is 24.3 Å². The summed E-state index contributed by atoms with van der Waals surface area (Å²) >= 11 is 0. The van der Waals surface area contributed by atoms with Crippen LogP contribution in [0.2, 0.25) is 0 Å². The summed E-state index contributed by atoms with van der Waals surface area (Å²) in [7, 11) is 1.96. The molecule has 0 bridgehead atoms. The SMILES string of the molecule is CCC(NC)c1ccc(OCC(=O)NC(C)C(C)C)cc1. The summed E-state index contributed by atoms with van der Waals surface area (Å²) < 4.78 is 5.52. The number of amides is 1. The van der Waals surface area contributed by atoms with E-state index in [4.69, 9.17) is 4.74 Å². The van der Waals surface area contributed by atoms with E-state index < -0.39 is 0 Å². The predicted molar refractivity (Wildman–Crippen MR) is 86.5 cm³/mol. The highest BCUT2D eigenvalue weighted by Gasteiger charge is 2.11. The number of rotatable bonds is 8. The van der Waals surface area contributed by atoms with Gasteiger partial charge in [-0.15, -0.1) is 0 Å². The van der Waals surface area contributed by atoms with Crippen molar-refractivity contribution < 1.29 is 9.53 Å². The lowest BCUT2D eigenvalue weighted by Crippen LogP contribution is -2.38. The zero-order valence-corrected chi connectivity index (χ0v) is 13.8. The lowest BCUT2D eigenvalue weighted by molar-refractivity contribution is -0.124. The van der Waals surface area contributed by atoms with Gasteiger partial charge in [-0.1, -0.05) is 32.9 Å². The van der Waals surface area contributed by atoms with Crippen molar-refractivity contribution in [3.05, 3.63) is 29.8 Å². The molecule has 4 heteroatoms. The number of hydrogen-bond donors (Lipinski definition) is 2. The van der Waals surface area contributed by atoms with Gasteiger partial charge in [0, 0.05) is 12.1 Å². The van der Waals surface area contributed by atoms with Gasteiger partial charge in [-0.05, 0) is 44.0 Å². The molecule has 4 nitrogen and oxygen atoms in total. The van der Waals surface area contributed by atoms with Crippen LogP contribution in [0.25, 0.3) is 0 Å². The number of benzene rings is 1. The number of nitrogens with one attached hydrogen (secondary N) is 2. The quantitative estimate of drug-likeness (QED) is 0.774. The molecule has 2 N–H and O–H groups in total. The first-order chi connectivity index (χ1) is 9.97. The Morgan fingerprint density at radius 1 is 1.19 bits per heavy atom. The van der Waals surface area contributed by atoms with Gasteiger partial charge in [0.15, 0.2) is 6.61 Å². The Hall–Kier alpha value is -1.55. The minimum absolute atomic E-state index is 0.0552. The highest BCUT2D eigenvalue weighted by molar-refractivity contribution is 5.77. The molecule has 1 aromatic rings. The second kappa shape index (κ2) is 8.67. The standard InChI is InChI=1S/C17H28N2O2/c1-6-16(18-5)14-7-9-15(10-8-14)21-11-17(20)19-13(4)12(2)3/h7-10,12-13,16,18H,6,11H2,1-5H3,(H,19,20). The van der Waals surface area contributed by atoms with Gasteiger partial charge < -0.3 is 15.4 Å². The number of hydrogen-bond acceptors (Lipinski definition) is 3. The smallest absolute Gasteiger partial charge is 0.258 e. The maximum atomic E-state index is 11.8. The maximum absolute atomic E-state index is 11.8. The van der Waals surface area contributed by atoms with Gasteiger partial charge in [-0.2, -0.15) is 0 Å². The Morgan fingerprint density at radius 3 is 2.29 bits per heavy atom. The van der Waals surface area contributed by atoms with Crippen LogP contribution in [0.3, 0.4) is 0 Å². The predicted octanol–water partition coefficient (Wildman–Crippen LogP) is 2.90. The third-order valence-corrected chi connectivity index (χ3v) is 3.80. The molecule has 0 aliphatic rings. The first-order valence-corrected chi connectivity index (χ1v) is 7.67. The fraction of sp³-hybridized carbons (Fsp3) is 0.588. The van der Waals surface area contributed by atoms with Gasteiger partial charge in [0.25, 0.3) is 5.91 Å². The van der Waals surface area contributed by atoms with Crippen LogP contribution in [0.4, 0.5) is 0 Å². The van der Waals surface area contributed by atoms with E-state index in [-0.39, 0.29) is 18.6 Å². The van der Waals surface area contributed by atoms with E-state index in [1.165, 1.54) is 5.56 Å². The van der Waals surface area contributed by atoms with Gasteiger partial charge in [0.1, 0.15) is 5.75 Å². The molecule has 0 aromatic heterocycles. The summed E-state index contributed by atoms with van der Waals surface area (Å²) in [6.07, 6.45) is 1.03. The van der Waals surface area contributed by atoms with Crippen molar-refractivity contribution in [1.82, 2.24) is 10.6 Å². The molecule has 0 saturated heterocycles. The van der Waals surface area contributed by atoms with Crippen LogP contribution in [-0.2, 0) is 4.79 Å². The molecule has 2 atom stereocenters. The van der Waals surface area contributed by atoms with Crippen molar-refractivity contribution in [2.24, 2.45) is 5.92 Å². The minimum Gasteiger partial charge on any atom is -0.484 e. The van der Waals surface area contributed by atoms with Crippen molar-refractivity contribution in [2.45, 2.75) is 46.2 Å². The summed E-state index contributed by atoms with van der Waals surface area (Å²) in [4.78, 5) is 11.8. The van der Waals surface area contributed by atoms with E-state index in [1.807, 2.05) is 38.2 Å². The summed E-state index contributed by atoms with van der Waals surface area (Å²) in [5.74, 6) is 1.06. The van der Waals surface area contributed by atoms with Crippen molar-refractivity contribution >= 4 is 5.91 Å². The van der Waals surface area contributed by atoms with Gasteiger partial charge in [0.05, 0.1) is 0 Å². The fourth-order valence-corrected chi connectivity index (χ4v) is 2.01. The average Bonchev–Trinajstić information content (AvgIpc) is 2.47. The number of ether oxygens (including phenoxy) is 1. The summed E-state index contributed by atoms with van der Waals surface area (Å²) in [6, 6.07) is 8.41. The fourth-order valence-electron chi connectivity index (χ4n) is 2.01. The minimum atomic E-state index is -0.0815. The van der Waals surface area contributed by atoms with E-state index in [2.05, 4.69) is 31.4 Å². The lowest BCUT2D eigenvalue weighted by Gasteiger charge is -2.18. The second-order valence-electron chi connectivity index (χ2n) is 5.71. The molecule has 1 rings (SSSR count). The number of carbonyl (C=O) groups is 1. The maximum Gasteiger partial charge on any atom is 0.258 e. The molecule has 1 aromatic carbocycles. The molecule has 0 spiro atoms. The lowest BCUT2D eigenvalue weighted by atomic mass is 10.0. The largest absolute Gasteiger partial charge is 0.484 e. The van der Waals surface area contributed by atoms with Gasteiger partial charge in [0.2, 0.25) is 0 Å². The van der Waals surface area contributed by atoms with Gasteiger partial charge in [-0.3, -0.25) is 4.79 Å². The molecule has 1 amide bonds. The number of carbonyl (C=O) groups excluding carboxylic acids is 1. The highest BCUT2D eigenvalue weighted by atomic mass is 16.5. The Bertz CT molecular complexity index is 425. The van der Waals surface area contributed by atoms with Crippen LogP contribution in [0.5, 0.6) is 5.75 Å². The van der Waals surface area contributed by atoms with Crippen molar-refractivity contribution in [3.8, 4) is 5.75 Å². The van der Waals surface area contributed by atoms with Gasteiger partial charge in [-0.25, -0.2) is 0 Å². The Kier molecular flexibility index (Phi) is 7.23. The third kappa shape index (κ3) is 5.76. The zero-order valence-electron chi connectivity index (χ0n) is 13.8. The summed E-state index contributed by atoms with van der Waals surface area (Å²) in [6.45, 7) is 8.36. The van der Waals surface area contributed by atoms with E-state index in [9.17, 15) is 4.79 Å². The van der Waals surface area contributed by atoms with Crippen molar-refractivity contribution in [2.75, 3.05) is 13.7 Å². The van der Waals surface area contributed by atoms with Crippen molar-refractivity contribution in [1.29, 1.82) is 0 Å². The second-order valence-corrected chi connectivity index (χ2v) is 5.71. The molecule has 0 aliphatic heterocycles. The monoisotopic (exact) mass is 292 g/mol. The molecule has 0 radical (unpaired) electrons. The van der Waals surface area contributed by atoms with E-state index in [0.29, 0.717) is 12.0 Å².